The number of esters is 1. The number of carbonyl (C=O) groups is 5. The predicted molar refractivity (Wildman–Crippen MR) is 130 cm³/mol. The quantitative estimate of drug-likeness (QED) is 0.266. The van der Waals surface area contributed by atoms with Crippen LogP contribution in [-0.2, 0) is 30.3 Å². The summed E-state index contributed by atoms with van der Waals surface area (Å²) in [5, 5.41) is 2.61. The Kier molecular flexibility index (Phi) is 6.26. The predicted octanol–water partition coefficient (Wildman–Crippen LogP) is 2.79. The molecule has 8 heteroatoms. The fourth-order valence-corrected chi connectivity index (χ4v) is 5.57. The van der Waals surface area contributed by atoms with Gasteiger partial charge in [0.1, 0.15) is 6.04 Å². The number of hydrogen-bond acceptors (Lipinski definition) is 6. The minimum atomic E-state index is -1.15. The summed E-state index contributed by atoms with van der Waals surface area (Å²) in [4.78, 5) is 64.8. The first-order valence-corrected chi connectivity index (χ1v) is 12.0. The number of amides is 3. The van der Waals surface area contributed by atoms with Gasteiger partial charge in [-0.05, 0) is 55.0 Å². The van der Waals surface area contributed by atoms with Gasteiger partial charge in [0.25, 0.3) is 5.91 Å². The highest BCUT2D eigenvalue weighted by molar-refractivity contribution is 6.09. The van der Waals surface area contributed by atoms with Crippen LogP contribution in [0.25, 0.3) is 0 Å². The maximum atomic E-state index is 13.3. The van der Waals surface area contributed by atoms with Crippen LogP contribution in [0.15, 0.2) is 66.7 Å². The molecular weight excluding hydrogens is 460 g/mol. The number of nitrogens with zero attached hydrogens (tertiary/aromatic N) is 1. The molecule has 1 heterocycles. The Morgan fingerprint density at radius 2 is 1.56 bits per heavy atom. The van der Waals surface area contributed by atoms with E-state index in [0.29, 0.717) is 11.3 Å². The fourth-order valence-electron chi connectivity index (χ4n) is 5.57. The average molecular weight is 487 g/mol. The summed E-state index contributed by atoms with van der Waals surface area (Å²) in [6, 6.07) is 14.3. The summed E-state index contributed by atoms with van der Waals surface area (Å²) in [6.45, 7) is 0.873. The third-order valence-electron chi connectivity index (χ3n) is 7.28. The first kappa shape index (κ1) is 23.7. The number of allylic oxidation sites excluding steroid dienone is 2. The number of benzene rings is 2. The minimum absolute atomic E-state index is 0.0232. The lowest BCUT2D eigenvalue weighted by Gasteiger charge is -2.26. The van der Waals surface area contributed by atoms with E-state index < -0.39 is 36.4 Å². The summed E-state index contributed by atoms with van der Waals surface area (Å²) in [5.41, 5.74) is 1.73. The zero-order chi connectivity index (χ0) is 25.4. The van der Waals surface area contributed by atoms with Crippen molar-refractivity contribution in [1.82, 2.24) is 4.90 Å². The van der Waals surface area contributed by atoms with E-state index in [1.807, 2.05) is 42.5 Å². The Labute approximate surface area is 208 Å². The molecule has 1 saturated heterocycles. The molecule has 2 aromatic carbocycles. The first-order chi connectivity index (χ1) is 17.3. The van der Waals surface area contributed by atoms with Crippen LogP contribution < -0.4 is 5.32 Å². The van der Waals surface area contributed by atoms with Gasteiger partial charge in [0.05, 0.1) is 11.8 Å². The van der Waals surface area contributed by atoms with Crippen molar-refractivity contribution < 1.29 is 28.7 Å². The molecular formula is C28H26N2O6. The van der Waals surface area contributed by atoms with E-state index in [1.54, 1.807) is 24.3 Å². The van der Waals surface area contributed by atoms with Crippen LogP contribution in [0.1, 0.15) is 29.3 Å². The summed E-state index contributed by atoms with van der Waals surface area (Å²) < 4.78 is 5.31. The van der Waals surface area contributed by atoms with Crippen molar-refractivity contribution in [2.45, 2.75) is 25.8 Å². The number of nitrogens with one attached hydrogen (secondary N) is 1. The van der Waals surface area contributed by atoms with Gasteiger partial charge < -0.3 is 10.1 Å². The molecule has 1 N–H and O–H groups in total. The molecule has 1 saturated carbocycles. The molecule has 2 aliphatic carbocycles. The van der Waals surface area contributed by atoms with E-state index in [4.69, 9.17) is 4.74 Å². The van der Waals surface area contributed by atoms with Crippen molar-refractivity contribution in [2.75, 3.05) is 11.9 Å². The smallest absolute Gasteiger partial charge is 0.330 e. The van der Waals surface area contributed by atoms with Gasteiger partial charge in [0, 0.05) is 17.7 Å². The van der Waals surface area contributed by atoms with Crippen molar-refractivity contribution in [3.05, 3.63) is 77.9 Å². The second-order valence-corrected chi connectivity index (χ2v) is 9.54. The van der Waals surface area contributed by atoms with Gasteiger partial charge >= 0.3 is 5.97 Å². The highest BCUT2D eigenvalue weighted by atomic mass is 16.5. The maximum Gasteiger partial charge on any atom is 0.330 e. The zero-order valence-corrected chi connectivity index (χ0v) is 19.8. The number of Topliss-reactive ketones (excluding diaryl/α,β-unsaturated/α-hetero) is 1. The maximum absolute atomic E-state index is 13.3. The number of ketones is 1. The van der Waals surface area contributed by atoms with Gasteiger partial charge in [-0.25, -0.2) is 4.79 Å². The van der Waals surface area contributed by atoms with Crippen LogP contribution in [0.2, 0.25) is 0 Å². The first-order valence-electron chi connectivity index (χ1n) is 12.0. The number of rotatable bonds is 8. The van der Waals surface area contributed by atoms with Crippen molar-refractivity contribution in [3.8, 4) is 0 Å². The third kappa shape index (κ3) is 4.34. The monoisotopic (exact) mass is 486 g/mol. The van der Waals surface area contributed by atoms with E-state index in [9.17, 15) is 24.0 Å². The second kappa shape index (κ2) is 9.53. The van der Waals surface area contributed by atoms with Crippen molar-refractivity contribution >= 4 is 35.2 Å². The number of imide groups is 1. The molecule has 2 aromatic rings. The highest BCUT2D eigenvalue weighted by Crippen LogP contribution is 2.53. The molecule has 0 radical (unpaired) electrons. The van der Waals surface area contributed by atoms with Crippen LogP contribution in [0.4, 0.5) is 5.69 Å². The van der Waals surface area contributed by atoms with E-state index in [2.05, 4.69) is 5.32 Å². The Bertz CT molecular complexity index is 1220. The number of likely N-dealkylation sites (tertiary alicyclic amines) is 1. The number of fused-ring (bicyclic) bond motifs is 5. The normalized spacial score (nSPS) is 24.5. The van der Waals surface area contributed by atoms with Gasteiger partial charge in [-0.15, -0.1) is 0 Å². The van der Waals surface area contributed by atoms with E-state index >= 15 is 0 Å². The van der Waals surface area contributed by atoms with Gasteiger partial charge in [0.15, 0.2) is 12.4 Å². The minimum Gasteiger partial charge on any atom is -0.454 e. The topological polar surface area (TPSA) is 110 Å². The average Bonchev–Trinajstić information content (AvgIpc) is 3.56. The Balaban J connectivity index is 1.29. The zero-order valence-electron chi connectivity index (χ0n) is 19.8. The highest BCUT2D eigenvalue weighted by Gasteiger charge is 2.61. The van der Waals surface area contributed by atoms with Crippen molar-refractivity contribution in [1.29, 1.82) is 0 Å². The van der Waals surface area contributed by atoms with Gasteiger partial charge in [-0.3, -0.25) is 24.1 Å². The standard InChI is InChI=1S/C28H26N2O6/c1-16(31)18-9-11-21(12-10-18)29-23(32)15-36-28(35)22(13-17-5-3-2-4-6-17)30-26(33)24-19-7-8-20(14-19)25(24)27(30)34/h2-12,19-20,22,24-25H,13-15H2,1H3,(H,29,32)/t19-,20-,22+,24-,25+/m0/s1. The molecule has 5 rings (SSSR count). The van der Waals surface area contributed by atoms with E-state index in [1.165, 1.54) is 6.92 Å². The molecule has 3 amide bonds. The molecule has 184 valence electrons. The number of ether oxygens (including phenoxy) is 1. The number of anilines is 1. The summed E-state index contributed by atoms with van der Waals surface area (Å²) in [7, 11) is 0. The lowest BCUT2D eigenvalue weighted by Crippen LogP contribution is -2.48. The molecule has 36 heavy (non-hydrogen) atoms. The molecule has 1 aliphatic heterocycles. The van der Waals surface area contributed by atoms with Crippen LogP contribution in [0.3, 0.4) is 0 Å². The SMILES string of the molecule is CC(=O)c1ccc(NC(=O)COC(=O)[C@@H](Cc2ccccc2)N2C(=O)[C@@H]3[C@H](C2=O)[C@H]2C=C[C@H]3C2)cc1. The molecule has 0 aromatic heterocycles. The molecule has 0 spiro atoms. The van der Waals surface area contributed by atoms with Crippen molar-refractivity contribution in [3.63, 3.8) is 0 Å². The lowest BCUT2D eigenvalue weighted by atomic mass is 9.85. The molecule has 2 fully saturated rings. The van der Waals surface area contributed by atoms with Crippen LogP contribution in [0, 0.1) is 23.7 Å². The molecule has 8 nitrogen and oxygen atoms in total. The van der Waals surface area contributed by atoms with Gasteiger partial charge in [-0.1, -0.05) is 42.5 Å². The molecule has 5 atom stereocenters. The summed E-state index contributed by atoms with van der Waals surface area (Å²) in [6.07, 6.45) is 4.89. The van der Waals surface area contributed by atoms with Crippen molar-refractivity contribution in [2.24, 2.45) is 23.7 Å². The lowest BCUT2D eigenvalue weighted by molar-refractivity contribution is -0.160. The third-order valence-corrected chi connectivity index (χ3v) is 7.28. The Hall–Kier alpha value is -4.07. The van der Waals surface area contributed by atoms with Crippen LogP contribution >= 0.6 is 0 Å². The second-order valence-electron chi connectivity index (χ2n) is 9.54. The number of hydrogen-bond donors (Lipinski definition) is 1. The number of carbonyl (C=O) groups excluding carboxylic acids is 5. The van der Waals surface area contributed by atoms with Crippen LogP contribution in [0.5, 0.6) is 0 Å². The fraction of sp³-hybridized carbons (Fsp3) is 0.321. The molecule has 2 bridgehead atoms. The molecule has 3 aliphatic rings. The van der Waals surface area contributed by atoms with Gasteiger partial charge in [0.2, 0.25) is 11.8 Å². The van der Waals surface area contributed by atoms with Gasteiger partial charge in [-0.2, -0.15) is 0 Å². The Morgan fingerprint density at radius 3 is 2.14 bits per heavy atom. The van der Waals surface area contributed by atoms with E-state index in [-0.39, 0.29) is 35.9 Å². The summed E-state index contributed by atoms with van der Waals surface area (Å²) >= 11 is 0. The summed E-state index contributed by atoms with van der Waals surface area (Å²) in [5.74, 6) is -2.96. The Morgan fingerprint density at radius 1 is 0.944 bits per heavy atom. The van der Waals surface area contributed by atoms with Crippen LogP contribution in [-0.4, -0.2) is 47.0 Å². The largest absolute Gasteiger partial charge is 0.454 e. The van der Waals surface area contributed by atoms with E-state index in [0.717, 1.165) is 16.9 Å². The molecule has 0 unspecified atom stereocenters.